The molecule has 12 heteroatoms. The number of hydrogen-bond donors (Lipinski definition) is 3. The summed E-state index contributed by atoms with van der Waals surface area (Å²) in [6, 6.07) is 14.3. The minimum atomic E-state index is -0.622. The van der Waals surface area contributed by atoms with Crippen LogP contribution in [0.3, 0.4) is 0 Å². The SMILES string of the molecule is CCOC(=O)CNC(=O)Nc1ccc([C@H]2O[C@@H](CSc3nncn3C)C[C@@H](c3ccc(CO)cc3)O2)cc1. The number of amides is 2. The summed E-state index contributed by atoms with van der Waals surface area (Å²) in [7, 11) is 1.90. The third-order valence-electron chi connectivity index (χ3n) is 5.82. The molecule has 38 heavy (non-hydrogen) atoms. The molecule has 2 aromatic carbocycles. The molecule has 1 aliphatic rings. The van der Waals surface area contributed by atoms with E-state index in [1.165, 1.54) is 0 Å². The summed E-state index contributed by atoms with van der Waals surface area (Å²) in [6.07, 6.45) is 1.36. The van der Waals surface area contributed by atoms with Crippen molar-refractivity contribution in [3.63, 3.8) is 0 Å². The predicted octanol–water partition coefficient (Wildman–Crippen LogP) is 3.33. The number of hydrogen-bond acceptors (Lipinski definition) is 9. The summed E-state index contributed by atoms with van der Waals surface area (Å²) in [4.78, 5) is 23.5. The highest BCUT2D eigenvalue weighted by atomic mass is 32.2. The number of nitrogens with zero attached hydrogens (tertiary/aromatic N) is 3. The first kappa shape index (κ1) is 27.6. The number of aliphatic hydroxyl groups excluding tert-OH is 1. The highest BCUT2D eigenvalue weighted by molar-refractivity contribution is 7.99. The van der Waals surface area contributed by atoms with Gasteiger partial charge in [-0.05, 0) is 30.2 Å². The van der Waals surface area contributed by atoms with Gasteiger partial charge in [-0.15, -0.1) is 10.2 Å². The third-order valence-corrected chi connectivity index (χ3v) is 6.99. The molecule has 4 rings (SSSR count). The van der Waals surface area contributed by atoms with Gasteiger partial charge in [-0.2, -0.15) is 0 Å². The summed E-state index contributed by atoms with van der Waals surface area (Å²) in [5.74, 6) is 0.162. The van der Waals surface area contributed by atoms with E-state index in [-0.39, 0.29) is 32.0 Å². The highest BCUT2D eigenvalue weighted by Crippen LogP contribution is 2.39. The number of benzene rings is 2. The van der Waals surface area contributed by atoms with E-state index in [1.807, 2.05) is 48.0 Å². The van der Waals surface area contributed by atoms with Gasteiger partial charge in [0.2, 0.25) is 0 Å². The summed E-state index contributed by atoms with van der Waals surface area (Å²) in [5.41, 5.74) is 3.19. The molecular formula is C26H31N5O6S. The maximum atomic E-state index is 12.1. The molecule has 0 bridgehead atoms. The maximum absolute atomic E-state index is 12.1. The Hall–Kier alpha value is -3.45. The maximum Gasteiger partial charge on any atom is 0.325 e. The van der Waals surface area contributed by atoms with E-state index in [9.17, 15) is 14.7 Å². The molecule has 0 radical (unpaired) electrons. The van der Waals surface area contributed by atoms with Crippen molar-refractivity contribution in [3.05, 3.63) is 71.5 Å². The lowest BCUT2D eigenvalue weighted by Gasteiger charge is -2.36. The number of urea groups is 1. The van der Waals surface area contributed by atoms with Crippen LogP contribution in [0.2, 0.25) is 0 Å². The van der Waals surface area contributed by atoms with E-state index >= 15 is 0 Å². The summed E-state index contributed by atoms with van der Waals surface area (Å²) < 4.78 is 19.3. The summed E-state index contributed by atoms with van der Waals surface area (Å²) >= 11 is 1.57. The van der Waals surface area contributed by atoms with Crippen LogP contribution in [0.4, 0.5) is 10.5 Å². The zero-order valence-electron chi connectivity index (χ0n) is 21.2. The molecule has 3 atom stereocenters. The molecule has 0 saturated carbocycles. The number of carbonyl (C=O) groups is 2. The molecule has 1 aliphatic heterocycles. The molecule has 2 amide bonds. The summed E-state index contributed by atoms with van der Waals surface area (Å²) in [5, 5.41) is 23.4. The lowest BCUT2D eigenvalue weighted by Crippen LogP contribution is -2.34. The van der Waals surface area contributed by atoms with Crippen molar-refractivity contribution in [1.29, 1.82) is 0 Å². The first-order valence-corrected chi connectivity index (χ1v) is 13.2. The number of esters is 1. The largest absolute Gasteiger partial charge is 0.465 e. The van der Waals surface area contributed by atoms with Gasteiger partial charge >= 0.3 is 12.0 Å². The normalized spacial score (nSPS) is 19.1. The average molecular weight is 542 g/mol. The Labute approximate surface area is 224 Å². The van der Waals surface area contributed by atoms with E-state index in [1.54, 1.807) is 37.1 Å². The molecule has 2 heterocycles. The van der Waals surface area contributed by atoms with Gasteiger partial charge in [0, 0.05) is 30.5 Å². The second kappa shape index (κ2) is 13.4. The molecule has 1 aromatic heterocycles. The number of aliphatic hydroxyl groups is 1. The number of anilines is 1. The number of thioether (sulfide) groups is 1. The lowest BCUT2D eigenvalue weighted by atomic mass is 10.0. The van der Waals surface area contributed by atoms with Crippen molar-refractivity contribution in [2.75, 3.05) is 24.2 Å². The molecule has 0 unspecified atom stereocenters. The highest BCUT2D eigenvalue weighted by Gasteiger charge is 2.32. The number of aromatic nitrogens is 3. The van der Waals surface area contributed by atoms with E-state index in [4.69, 9.17) is 14.2 Å². The molecule has 202 valence electrons. The van der Waals surface area contributed by atoms with Crippen LogP contribution >= 0.6 is 11.8 Å². The van der Waals surface area contributed by atoms with E-state index < -0.39 is 18.3 Å². The molecule has 0 aliphatic carbocycles. The van der Waals surface area contributed by atoms with Crippen LogP contribution < -0.4 is 10.6 Å². The van der Waals surface area contributed by atoms with E-state index in [2.05, 4.69) is 20.8 Å². The Morgan fingerprint density at radius 3 is 2.53 bits per heavy atom. The number of aryl methyl sites for hydroxylation is 1. The van der Waals surface area contributed by atoms with Gasteiger partial charge in [0.15, 0.2) is 11.4 Å². The molecule has 3 N–H and O–H groups in total. The van der Waals surface area contributed by atoms with E-state index in [0.29, 0.717) is 17.9 Å². The molecule has 0 spiro atoms. The fourth-order valence-electron chi connectivity index (χ4n) is 3.86. The Morgan fingerprint density at radius 1 is 1.13 bits per heavy atom. The molecular weight excluding hydrogens is 510 g/mol. The topological polar surface area (TPSA) is 137 Å². The zero-order chi connectivity index (χ0) is 26.9. The second-order valence-corrected chi connectivity index (χ2v) is 9.61. The van der Waals surface area contributed by atoms with Crippen LogP contribution in [-0.4, -0.2) is 56.9 Å². The monoisotopic (exact) mass is 541 g/mol. The van der Waals surface area contributed by atoms with Gasteiger partial charge in [-0.25, -0.2) is 4.79 Å². The third kappa shape index (κ3) is 7.54. The van der Waals surface area contributed by atoms with Crippen LogP contribution in [0.5, 0.6) is 0 Å². The van der Waals surface area contributed by atoms with Crippen LogP contribution in [0.25, 0.3) is 0 Å². The van der Waals surface area contributed by atoms with Crippen LogP contribution in [-0.2, 0) is 32.7 Å². The first-order chi connectivity index (χ1) is 18.4. The molecule has 1 fully saturated rings. The minimum absolute atomic E-state index is 0.0181. The fraction of sp³-hybridized carbons (Fsp3) is 0.385. The number of nitrogens with one attached hydrogen (secondary N) is 2. The number of carbonyl (C=O) groups excluding carboxylic acids is 2. The first-order valence-electron chi connectivity index (χ1n) is 12.2. The van der Waals surface area contributed by atoms with Crippen molar-refractivity contribution in [3.8, 4) is 0 Å². The second-order valence-electron chi connectivity index (χ2n) is 8.62. The van der Waals surface area contributed by atoms with Crippen molar-refractivity contribution in [1.82, 2.24) is 20.1 Å². The van der Waals surface area contributed by atoms with Crippen molar-refractivity contribution < 1.29 is 28.9 Å². The Balaban J connectivity index is 1.43. The van der Waals surface area contributed by atoms with Gasteiger partial charge in [0.05, 0.1) is 25.4 Å². The van der Waals surface area contributed by atoms with Crippen LogP contribution in [0.15, 0.2) is 60.0 Å². The van der Waals surface area contributed by atoms with Gasteiger partial charge in [-0.3, -0.25) is 4.79 Å². The Bertz CT molecular complexity index is 1200. The number of ether oxygens (including phenoxy) is 3. The molecule has 1 saturated heterocycles. The van der Waals surface area contributed by atoms with Crippen LogP contribution in [0, 0.1) is 0 Å². The lowest BCUT2D eigenvalue weighted by molar-refractivity contribution is -0.245. The smallest absolute Gasteiger partial charge is 0.325 e. The van der Waals surface area contributed by atoms with Gasteiger partial charge < -0.3 is 34.5 Å². The molecule has 11 nitrogen and oxygen atoms in total. The van der Waals surface area contributed by atoms with Crippen molar-refractivity contribution in [2.45, 2.75) is 43.6 Å². The average Bonchev–Trinajstić information content (AvgIpc) is 3.35. The van der Waals surface area contributed by atoms with Gasteiger partial charge in [0.25, 0.3) is 0 Å². The van der Waals surface area contributed by atoms with Crippen molar-refractivity contribution in [2.24, 2.45) is 7.05 Å². The predicted molar refractivity (Wildman–Crippen MR) is 140 cm³/mol. The van der Waals surface area contributed by atoms with E-state index in [0.717, 1.165) is 21.8 Å². The summed E-state index contributed by atoms with van der Waals surface area (Å²) in [6.45, 7) is 1.72. The minimum Gasteiger partial charge on any atom is -0.465 e. The van der Waals surface area contributed by atoms with Gasteiger partial charge in [-0.1, -0.05) is 48.2 Å². The van der Waals surface area contributed by atoms with Crippen LogP contribution in [0.1, 0.15) is 42.4 Å². The Kier molecular flexibility index (Phi) is 9.71. The quantitative estimate of drug-likeness (QED) is 0.261. The fourth-order valence-corrected chi connectivity index (χ4v) is 4.76. The van der Waals surface area contributed by atoms with Gasteiger partial charge in [0.1, 0.15) is 12.9 Å². The zero-order valence-corrected chi connectivity index (χ0v) is 22.0. The standard InChI is InChI=1S/C26H31N5O6S/c1-3-35-23(33)13-27-25(34)29-20-10-8-19(9-11-20)24-36-21(15-38-26-30-28-16-31(26)2)12-22(37-24)18-6-4-17(14-32)5-7-18/h4-11,16,21-22,24,32H,3,12-15H2,1-2H3,(H2,27,29,34)/t21-,22+,24+/m1/s1. The van der Waals surface area contributed by atoms with Crippen molar-refractivity contribution >= 4 is 29.4 Å². The number of rotatable bonds is 10. The molecule has 3 aromatic rings. The Morgan fingerprint density at radius 2 is 1.87 bits per heavy atom.